The van der Waals surface area contributed by atoms with E-state index in [4.69, 9.17) is 0 Å². The maximum Gasteiger partial charge on any atom is 0.272 e. The molecular formula is C29H37FN5O3+. The van der Waals surface area contributed by atoms with Gasteiger partial charge in [0.2, 0.25) is 5.91 Å². The van der Waals surface area contributed by atoms with Crippen LogP contribution in [0.5, 0.6) is 0 Å². The number of carbonyl (C=O) groups is 2. The van der Waals surface area contributed by atoms with E-state index in [1.54, 1.807) is 29.2 Å². The number of aromatic nitrogens is 2. The van der Waals surface area contributed by atoms with Crippen LogP contribution in [0.2, 0.25) is 0 Å². The summed E-state index contributed by atoms with van der Waals surface area (Å²) in [6.45, 7) is 2.67. The molecule has 1 fully saturated rings. The number of benzene rings is 2. The number of carbonyl (C=O) groups excluding carboxylic acids is 2. The van der Waals surface area contributed by atoms with Crippen molar-refractivity contribution in [1.29, 1.82) is 0 Å². The largest absolute Gasteiger partial charge is 0.358 e. The lowest BCUT2D eigenvalue weighted by Gasteiger charge is -2.35. The summed E-state index contributed by atoms with van der Waals surface area (Å²) in [6, 6.07) is 11.7. The first-order valence-electron chi connectivity index (χ1n) is 13.6. The second-order valence-electron chi connectivity index (χ2n) is 9.93. The molecular weight excluding hydrogens is 485 g/mol. The number of amides is 2. The molecule has 0 bridgehead atoms. The molecule has 4 rings (SSSR count). The second-order valence-corrected chi connectivity index (χ2v) is 9.93. The van der Waals surface area contributed by atoms with Crippen molar-refractivity contribution in [3.05, 3.63) is 75.5 Å². The fourth-order valence-electron chi connectivity index (χ4n) is 4.99. The van der Waals surface area contributed by atoms with Gasteiger partial charge in [-0.2, -0.15) is 5.10 Å². The molecule has 2 heterocycles. The number of piperazine rings is 1. The van der Waals surface area contributed by atoms with Gasteiger partial charge in [-0.25, -0.2) is 9.49 Å². The number of nitrogens with one attached hydrogen (secondary N) is 1. The highest BCUT2D eigenvalue weighted by molar-refractivity contribution is 5.95. The number of hydrogen-bond acceptors (Lipinski definition) is 4. The third-order valence-electron chi connectivity index (χ3n) is 7.22. The minimum Gasteiger partial charge on any atom is -0.358 e. The first-order valence-corrected chi connectivity index (χ1v) is 13.6. The molecule has 9 heteroatoms. The fraction of sp³-hybridized carbons (Fsp3) is 0.448. The number of hydrogen-bond donors (Lipinski definition) is 2. The molecule has 1 aromatic heterocycles. The highest BCUT2D eigenvalue weighted by Crippen LogP contribution is 2.20. The first kappa shape index (κ1) is 27.4. The van der Waals surface area contributed by atoms with Gasteiger partial charge >= 0.3 is 0 Å². The molecule has 0 saturated carbocycles. The molecule has 38 heavy (non-hydrogen) atoms. The zero-order valence-electron chi connectivity index (χ0n) is 21.9. The van der Waals surface area contributed by atoms with Gasteiger partial charge < -0.3 is 15.5 Å². The molecule has 2 aromatic carbocycles. The van der Waals surface area contributed by atoms with Gasteiger partial charge in [0.25, 0.3) is 11.5 Å². The van der Waals surface area contributed by atoms with Gasteiger partial charge in [-0.3, -0.25) is 14.4 Å². The van der Waals surface area contributed by atoms with Crippen molar-refractivity contribution in [2.45, 2.75) is 51.4 Å². The maximum atomic E-state index is 14.7. The SMILES string of the molecule is [NH3+]CCCCCCCCC(=O)N1CCN(C(=O)c2cc(Cc3n[nH]c(=O)c4ccccc34)ccc2F)CC1. The Morgan fingerprint density at radius 2 is 1.55 bits per heavy atom. The van der Waals surface area contributed by atoms with Crippen LogP contribution in [0.3, 0.4) is 0 Å². The van der Waals surface area contributed by atoms with Crippen LogP contribution in [0.25, 0.3) is 10.8 Å². The lowest BCUT2D eigenvalue weighted by molar-refractivity contribution is -0.368. The number of quaternary nitrogens is 1. The monoisotopic (exact) mass is 522 g/mol. The summed E-state index contributed by atoms with van der Waals surface area (Å²) in [7, 11) is 0. The molecule has 0 unspecified atom stereocenters. The highest BCUT2D eigenvalue weighted by Gasteiger charge is 2.26. The number of fused-ring (bicyclic) bond motifs is 1. The summed E-state index contributed by atoms with van der Waals surface area (Å²) in [4.78, 5) is 41.3. The van der Waals surface area contributed by atoms with Crippen LogP contribution in [0.1, 0.15) is 66.6 Å². The molecule has 0 atom stereocenters. The maximum absolute atomic E-state index is 14.7. The molecule has 0 aliphatic carbocycles. The minimum absolute atomic E-state index is 0.00913. The number of nitrogens with zero attached hydrogens (tertiary/aromatic N) is 3. The number of halogens is 1. The van der Waals surface area contributed by atoms with Crippen molar-refractivity contribution in [3.63, 3.8) is 0 Å². The average Bonchev–Trinajstić information content (AvgIpc) is 2.95. The van der Waals surface area contributed by atoms with Gasteiger partial charge in [-0.15, -0.1) is 0 Å². The Balaban J connectivity index is 1.32. The molecule has 202 valence electrons. The Kier molecular flexibility index (Phi) is 9.59. The number of unbranched alkanes of at least 4 members (excludes halogenated alkanes) is 5. The van der Waals surface area contributed by atoms with Crippen molar-refractivity contribution < 1.29 is 19.7 Å². The third-order valence-corrected chi connectivity index (χ3v) is 7.22. The third kappa shape index (κ3) is 6.83. The normalized spacial score (nSPS) is 13.7. The van der Waals surface area contributed by atoms with Crippen molar-refractivity contribution >= 4 is 22.6 Å². The van der Waals surface area contributed by atoms with Crippen molar-refractivity contribution in [2.75, 3.05) is 32.7 Å². The van der Waals surface area contributed by atoms with E-state index in [9.17, 15) is 18.8 Å². The van der Waals surface area contributed by atoms with E-state index in [2.05, 4.69) is 15.9 Å². The van der Waals surface area contributed by atoms with Gasteiger partial charge in [0.05, 0.1) is 23.2 Å². The number of aromatic amines is 1. The molecule has 0 spiro atoms. The Labute approximate surface area is 222 Å². The molecule has 4 N–H and O–H groups in total. The molecule has 0 radical (unpaired) electrons. The topological polar surface area (TPSA) is 114 Å². The van der Waals surface area contributed by atoms with E-state index in [-0.39, 0.29) is 22.9 Å². The summed E-state index contributed by atoms with van der Waals surface area (Å²) in [5, 5.41) is 7.96. The second kappa shape index (κ2) is 13.3. The Morgan fingerprint density at radius 1 is 0.895 bits per heavy atom. The zero-order chi connectivity index (χ0) is 26.9. The lowest BCUT2D eigenvalue weighted by atomic mass is 10.0. The van der Waals surface area contributed by atoms with Gasteiger partial charge in [0.1, 0.15) is 5.82 Å². The summed E-state index contributed by atoms with van der Waals surface area (Å²) in [6.07, 6.45) is 7.54. The van der Waals surface area contributed by atoms with Crippen LogP contribution in [-0.4, -0.2) is 64.5 Å². The molecule has 1 aliphatic rings. The van der Waals surface area contributed by atoms with Crippen LogP contribution < -0.4 is 11.3 Å². The zero-order valence-corrected chi connectivity index (χ0v) is 21.9. The molecule has 8 nitrogen and oxygen atoms in total. The smallest absolute Gasteiger partial charge is 0.272 e. The predicted octanol–water partition coefficient (Wildman–Crippen LogP) is 2.91. The summed E-state index contributed by atoms with van der Waals surface area (Å²) >= 11 is 0. The van der Waals surface area contributed by atoms with E-state index in [0.717, 1.165) is 36.8 Å². The first-order chi connectivity index (χ1) is 18.5. The quantitative estimate of drug-likeness (QED) is 0.377. The molecule has 3 aromatic rings. The fourth-order valence-corrected chi connectivity index (χ4v) is 4.99. The summed E-state index contributed by atoms with van der Waals surface area (Å²) in [5.41, 5.74) is 4.97. The van der Waals surface area contributed by atoms with Gasteiger partial charge in [-0.05, 0) is 43.0 Å². The van der Waals surface area contributed by atoms with Gasteiger partial charge in [-0.1, -0.05) is 43.5 Å². The van der Waals surface area contributed by atoms with E-state index in [1.807, 2.05) is 17.0 Å². The minimum atomic E-state index is -0.577. The van der Waals surface area contributed by atoms with E-state index in [0.29, 0.717) is 50.1 Å². The van der Waals surface area contributed by atoms with Crippen LogP contribution in [0.15, 0.2) is 47.3 Å². The van der Waals surface area contributed by atoms with E-state index in [1.165, 1.54) is 25.3 Å². The molecule has 2 amide bonds. The molecule has 1 saturated heterocycles. The van der Waals surface area contributed by atoms with Crippen molar-refractivity contribution in [2.24, 2.45) is 0 Å². The number of rotatable bonds is 11. The van der Waals surface area contributed by atoms with Gasteiger partial charge in [0, 0.05) is 44.4 Å². The molecule has 1 aliphatic heterocycles. The number of H-pyrrole nitrogens is 1. The van der Waals surface area contributed by atoms with E-state index >= 15 is 0 Å². The van der Waals surface area contributed by atoms with Crippen LogP contribution in [0, 0.1) is 5.82 Å². The van der Waals surface area contributed by atoms with E-state index < -0.39 is 5.82 Å². The van der Waals surface area contributed by atoms with Crippen molar-refractivity contribution in [3.8, 4) is 0 Å². The van der Waals surface area contributed by atoms with Crippen LogP contribution in [-0.2, 0) is 11.2 Å². The Bertz CT molecular complexity index is 1320. The predicted molar refractivity (Wildman–Crippen MR) is 144 cm³/mol. The standard InChI is InChI=1S/C29H36FN5O3/c30-25-13-12-21(20-26-22-9-6-7-10-23(22)28(37)33-32-26)19-24(25)29(38)35-17-15-34(16-18-35)27(36)11-5-3-1-2-4-8-14-31/h6-7,9-10,12-13,19H,1-5,8,11,14-18,20,31H2,(H,33,37)/p+1. The van der Waals surface area contributed by atoms with Crippen LogP contribution in [0.4, 0.5) is 4.39 Å². The Morgan fingerprint density at radius 3 is 2.29 bits per heavy atom. The lowest BCUT2D eigenvalue weighted by Crippen LogP contribution is -2.50. The summed E-state index contributed by atoms with van der Waals surface area (Å²) < 4.78 is 14.7. The van der Waals surface area contributed by atoms with Crippen LogP contribution >= 0.6 is 0 Å². The van der Waals surface area contributed by atoms with Crippen molar-refractivity contribution in [1.82, 2.24) is 20.0 Å². The van der Waals surface area contributed by atoms with Gasteiger partial charge in [0.15, 0.2) is 0 Å². The Hall–Kier alpha value is -3.59. The highest BCUT2D eigenvalue weighted by atomic mass is 19.1. The average molecular weight is 523 g/mol. The summed E-state index contributed by atoms with van der Waals surface area (Å²) in [5.74, 6) is -0.826.